The van der Waals surface area contributed by atoms with Gasteiger partial charge in [-0.15, -0.1) is 0 Å². The summed E-state index contributed by atoms with van der Waals surface area (Å²) in [7, 11) is 0. The van der Waals surface area contributed by atoms with Crippen molar-refractivity contribution in [1.82, 2.24) is 15.5 Å². The van der Waals surface area contributed by atoms with Gasteiger partial charge in [0.05, 0.1) is 11.7 Å². The summed E-state index contributed by atoms with van der Waals surface area (Å²) in [5.41, 5.74) is 1.78. The summed E-state index contributed by atoms with van der Waals surface area (Å²) in [5, 5.41) is 9.22. The van der Waals surface area contributed by atoms with Gasteiger partial charge in [0.25, 0.3) is 0 Å². The van der Waals surface area contributed by atoms with Crippen molar-refractivity contribution < 1.29 is 14.1 Å². The van der Waals surface area contributed by atoms with Crippen LogP contribution in [-0.2, 0) is 6.61 Å². The number of rotatable bonds is 6. The topological polar surface area (TPSA) is 89.3 Å². The number of pyridine rings is 1. The molecule has 2 aromatic heterocycles. The third-order valence-electron chi connectivity index (χ3n) is 3.69. The number of anilines is 1. The number of hydrogen-bond donors (Lipinski definition) is 2. The van der Waals surface area contributed by atoms with E-state index in [9.17, 15) is 4.79 Å². The number of nitrogens with one attached hydrogen (secondary N) is 2. The molecule has 1 atom stereocenters. The van der Waals surface area contributed by atoms with Gasteiger partial charge in [-0.1, -0.05) is 23.4 Å². The van der Waals surface area contributed by atoms with Crippen LogP contribution in [0.3, 0.4) is 0 Å². The first-order chi connectivity index (χ1) is 12.6. The number of carbonyl (C=O) groups excluding carboxylic acids is 1. The minimum absolute atomic E-state index is 0.207. The van der Waals surface area contributed by atoms with Gasteiger partial charge >= 0.3 is 6.03 Å². The Morgan fingerprint density at radius 2 is 2.12 bits per heavy atom. The Hall–Kier alpha value is -3.35. The summed E-state index contributed by atoms with van der Waals surface area (Å²) in [5.74, 6) is 1.72. The van der Waals surface area contributed by atoms with E-state index in [1.54, 1.807) is 19.2 Å². The lowest BCUT2D eigenvalue weighted by Gasteiger charge is -2.15. The summed E-state index contributed by atoms with van der Waals surface area (Å²) in [6.45, 7) is 4.04. The zero-order valence-corrected chi connectivity index (χ0v) is 14.6. The van der Waals surface area contributed by atoms with E-state index in [1.165, 1.54) is 0 Å². The number of benzene rings is 1. The van der Waals surface area contributed by atoms with Crippen LogP contribution in [0, 0.1) is 6.92 Å². The van der Waals surface area contributed by atoms with E-state index in [-0.39, 0.29) is 12.1 Å². The molecule has 0 unspecified atom stereocenters. The SMILES string of the molecule is Cc1cc(NC(=O)N[C@H](C)c2cccc(OCc3ccccn3)c2)no1. The molecule has 26 heavy (non-hydrogen) atoms. The number of carbonyl (C=O) groups is 1. The Morgan fingerprint density at radius 3 is 2.85 bits per heavy atom. The number of ether oxygens (including phenoxy) is 1. The molecule has 3 aromatic rings. The first kappa shape index (κ1) is 17.5. The van der Waals surface area contributed by atoms with Crippen molar-refractivity contribution in [3.8, 4) is 5.75 Å². The molecule has 0 bridgehead atoms. The fraction of sp³-hybridized carbons (Fsp3) is 0.211. The second-order valence-electron chi connectivity index (χ2n) is 5.83. The van der Waals surface area contributed by atoms with Crippen LogP contribution in [0.2, 0.25) is 0 Å². The predicted molar refractivity (Wildman–Crippen MR) is 96.8 cm³/mol. The maximum Gasteiger partial charge on any atom is 0.320 e. The van der Waals surface area contributed by atoms with E-state index in [4.69, 9.17) is 9.26 Å². The fourth-order valence-corrected chi connectivity index (χ4v) is 2.37. The molecular weight excluding hydrogens is 332 g/mol. The monoisotopic (exact) mass is 352 g/mol. The van der Waals surface area contributed by atoms with Crippen LogP contribution in [-0.4, -0.2) is 16.2 Å². The smallest absolute Gasteiger partial charge is 0.320 e. The lowest BCUT2D eigenvalue weighted by molar-refractivity contribution is 0.249. The van der Waals surface area contributed by atoms with Crippen LogP contribution in [0.1, 0.15) is 30.0 Å². The molecule has 1 aromatic carbocycles. The maximum absolute atomic E-state index is 12.1. The number of aryl methyl sites for hydroxylation is 1. The Morgan fingerprint density at radius 1 is 1.23 bits per heavy atom. The Balaban J connectivity index is 1.57. The molecule has 0 saturated heterocycles. The van der Waals surface area contributed by atoms with Crippen LogP contribution in [0.25, 0.3) is 0 Å². The molecule has 0 spiro atoms. The first-order valence-corrected chi connectivity index (χ1v) is 8.23. The first-order valence-electron chi connectivity index (χ1n) is 8.23. The van der Waals surface area contributed by atoms with Crippen LogP contribution in [0.15, 0.2) is 59.3 Å². The van der Waals surface area contributed by atoms with Crippen LogP contribution in [0.5, 0.6) is 5.75 Å². The van der Waals surface area contributed by atoms with Gasteiger partial charge in [0.15, 0.2) is 5.82 Å². The average molecular weight is 352 g/mol. The lowest BCUT2D eigenvalue weighted by atomic mass is 10.1. The largest absolute Gasteiger partial charge is 0.487 e. The second kappa shape index (κ2) is 8.15. The number of aromatic nitrogens is 2. The van der Waals surface area contributed by atoms with Crippen molar-refractivity contribution in [2.75, 3.05) is 5.32 Å². The van der Waals surface area contributed by atoms with E-state index in [1.807, 2.05) is 49.4 Å². The van der Waals surface area contributed by atoms with E-state index >= 15 is 0 Å². The highest BCUT2D eigenvalue weighted by Gasteiger charge is 2.12. The molecule has 0 aliphatic heterocycles. The Bertz CT molecular complexity index is 864. The van der Waals surface area contributed by atoms with Crippen molar-refractivity contribution in [2.24, 2.45) is 0 Å². The van der Waals surface area contributed by atoms with E-state index in [0.29, 0.717) is 23.9 Å². The van der Waals surface area contributed by atoms with Crippen molar-refractivity contribution >= 4 is 11.8 Å². The third-order valence-corrected chi connectivity index (χ3v) is 3.69. The van der Waals surface area contributed by atoms with Gasteiger partial charge in [-0.05, 0) is 43.7 Å². The average Bonchev–Trinajstić information content (AvgIpc) is 3.05. The van der Waals surface area contributed by atoms with Gasteiger partial charge in [0, 0.05) is 12.3 Å². The molecule has 2 amide bonds. The molecule has 2 N–H and O–H groups in total. The molecule has 134 valence electrons. The summed E-state index contributed by atoms with van der Waals surface area (Å²) >= 11 is 0. The molecule has 3 rings (SSSR count). The summed E-state index contributed by atoms with van der Waals surface area (Å²) < 4.78 is 10.7. The molecule has 0 radical (unpaired) electrons. The minimum atomic E-state index is -0.356. The molecule has 0 saturated carbocycles. The quantitative estimate of drug-likeness (QED) is 0.703. The number of hydrogen-bond acceptors (Lipinski definition) is 5. The molecule has 7 heteroatoms. The summed E-state index contributed by atoms with van der Waals surface area (Å²) in [6, 6.07) is 14.4. The fourth-order valence-electron chi connectivity index (χ4n) is 2.37. The van der Waals surface area contributed by atoms with Crippen molar-refractivity contribution in [1.29, 1.82) is 0 Å². The predicted octanol–water partition coefficient (Wildman–Crippen LogP) is 3.84. The molecule has 0 aliphatic rings. The van der Waals surface area contributed by atoms with Gasteiger partial charge in [0.2, 0.25) is 0 Å². The normalized spacial score (nSPS) is 11.6. The van der Waals surface area contributed by atoms with Crippen molar-refractivity contribution in [2.45, 2.75) is 26.5 Å². The third kappa shape index (κ3) is 4.83. The number of urea groups is 1. The highest BCUT2D eigenvalue weighted by molar-refractivity contribution is 5.88. The van der Waals surface area contributed by atoms with Crippen LogP contribution in [0.4, 0.5) is 10.6 Å². The zero-order chi connectivity index (χ0) is 18.4. The highest BCUT2D eigenvalue weighted by Crippen LogP contribution is 2.20. The molecule has 0 fully saturated rings. The minimum Gasteiger partial charge on any atom is -0.487 e. The van der Waals surface area contributed by atoms with Gasteiger partial charge in [0.1, 0.15) is 18.1 Å². The highest BCUT2D eigenvalue weighted by atomic mass is 16.5. The van der Waals surface area contributed by atoms with E-state index in [0.717, 1.165) is 11.3 Å². The lowest BCUT2D eigenvalue weighted by Crippen LogP contribution is -2.31. The van der Waals surface area contributed by atoms with Crippen LogP contribution < -0.4 is 15.4 Å². The van der Waals surface area contributed by atoms with Gasteiger partial charge < -0.3 is 14.6 Å². The second-order valence-corrected chi connectivity index (χ2v) is 5.83. The molecule has 7 nitrogen and oxygen atoms in total. The number of nitrogens with zero attached hydrogens (tertiary/aromatic N) is 2. The summed E-state index contributed by atoms with van der Waals surface area (Å²) in [6.07, 6.45) is 1.73. The Kier molecular flexibility index (Phi) is 5.48. The standard InChI is InChI=1S/C19H20N4O3/c1-13-10-18(23-26-13)22-19(24)21-14(2)15-6-5-8-17(11-15)25-12-16-7-3-4-9-20-16/h3-11,14H,12H2,1-2H3,(H2,21,22,23,24)/t14-/m1/s1. The molecule has 0 aliphatic carbocycles. The van der Waals surface area contributed by atoms with Gasteiger partial charge in [-0.3, -0.25) is 10.3 Å². The van der Waals surface area contributed by atoms with Gasteiger partial charge in [-0.2, -0.15) is 0 Å². The van der Waals surface area contributed by atoms with E-state index in [2.05, 4.69) is 20.8 Å². The van der Waals surface area contributed by atoms with E-state index < -0.39 is 0 Å². The van der Waals surface area contributed by atoms with Crippen molar-refractivity contribution in [3.05, 3.63) is 71.7 Å². The molecule has 2 heterocycles. The number of amides is 2. The van der Waals surface area contributed by atoms with Crippen molar-refractivity contribution in [3.63, 3.8) is 0 Å². The van der Waals surface area contributed by atoms with Crippen LogP contribution >= 0.6 is 0 Å². The Labute approximate surface area is 151 Å². The maximum atomic E-state index is 12.1. The van der Waals surface area contributed by atoms with Gasteiger partial charge in [-0.25, -0.2) is 4.79 Å². The zero-order valence-electron chi connectivity index (χ0n) is 14.6. The molecular formula is C19H20N4O3. The summed E-state index contributed by atoms with van der Waals surface area (Å²) in [4.78, 5) is 16.3.